The molecule has 1 aromatic heterocycles. The highest BCUT2D eigenvalue weighted by molar-refractivity contribution is 4.66. The predicted octanol–water partition coefficient (Wildman–Crippen LogP) is -0.352. The normalized spacial score (nSPS) is 12.0. The summed E-state index contributed by atoms with van der Waals surface area (Å²) in [7, 11) is 1.41. The van der Waals surface area contributed by atoms with Crippen molar-refractivity contribution in [3.8, 4) is 0 Å². The molecule has 0 radical (unpaired) electrons. The lowest BCUT2D eigenvalue weighted by atomic mass is 10.2. The second-order valence-electron chi connectivity index (χ2n) is 4.07. The molecule has 0 unspecified atom stereocenters. The van der Waals surface area contributed by atoms with Crippen LogP contribution in [0.15, 0.2) is 9.59 Å². The van der Waals surface area contributed by atoms with Crippen LogP contribution >= 0.6 is 0 Å². The van der Waals surface area contributed by atoms with Gasteiger partial charge >= 0.3 is 11.4 Å². The number of aromatic amines is 1. The first-order valence-electron chi connectivity index (χ1n) is 4.31. The van der Waals surface area contributed by atoms with E-state index in [0.717, 1.165) is 9.25 Å². The second kappa shape index (κ2) is 3.45. The van der Waals surface area contributed by atoms with Crippen LogP contribution in [0, 0.1) is 0 Å². The molecule has 0 aliphatic heterocycles. The maximum absolute atomic E-state index is 11.3. The summed E-state index contributed by atoms with van der Waals surface area (Å²) >= 11 is 0. The fourth-order valence-electron chi connectivity index (χ4n) is 0.852. The fourth-order valence-corrected chi connectivity index (χ4v) is 0.852. The highest BCUT2D eigenvalue weighted by Crippen LogP contribution is 2.06. The molecule has 6 nitrogen and oxygen atoms in total. The molecule has 1 heterocycles. The lowest BCUT2D eigenvalue weighted by Crippen LogP contribution is -2.29. The van der Waals surface area contributed by atoms with E-state index in [1.807, 2.05) is 20.8 Å². The van der Waals surface area contributed by atoms with Gasteiger partial charge in [-0.3, -0.25) is 0 Å². The number of H-pyrrole nitrogens is 1. The standard InChI is InChI=1S/C8H15N3O3/c1-8(2,3)14-5-11-7(13)10(4)6(12)9-11/h5H2,1-4H3,(H,9,12). The van der Waals surface area contributed by atoms with E-state index in [-0.39, 0.29) is 12.3 Å². The van der Waals surface area contributed by atoms with E-state index < -0.39 is 11.4 Å². The van der Waals surface area contributed by atoms with Gasteiger partial charge in [-0.05, 0) is 20.8 Å². The van der Waals surface area contributed by atoms with E-state index in [9.17, 15) is 9.59 Å². The van der Waals surface area contributed by atoms with Crippen LogP contribution in [0.2, 0.25) is 0 Å². The van der Waals surface area contributed by atoms with Crippen molar-refractivity contribution in [2.45, 2.75) is 33.1 Å². The lowest BCUT2D eigenvalue weighted by molar-refractivity contribution is -0.0496. The molecular weight excluding hydrogens is 186 g/mol. The molecule has 0 saturated heterocycles. The Bertz CT molecular complexity index is 418. The van der Waals surface area contributed by atoms with Gasteiger partial charge in [0.05, 0.1) is 5.60 Å². The first-order valence-corrected chi connectivity index (χ1v) is 4.31. The van der Waals surface area contributed by atoms with Crippen molar-refractivity contribution in [1.29, 1.82) is 0 Å². The monoisotopic (exact) mass is 201 g/mol. The van der Waals surface area contributed by atoms with Gasteiger partial charge in [0.15, 0.2) is 0 Å². The Kier molecular flexibility index (Phi) is 2.66. The molecule has 14 heavy (non-hydrogen) atoms. The number of rotatable bonds is 2. The molecule has 0 aromatic carbocycles. The van der Waals surface area contributed by atoms with Gasteiger partial charge in [-0.1, -0.05) is 0 Å². The number of aromatic nitrogens is 3. The number of ether oxygens (including phenoxy) is 1. The SMILES string of the molecule is Cn1c(=O)[nH]n(COC(C)(C)C)c1=O. The average Bonchev–Trinajstić information content (AvgIpc) is 2.28. The minimum absolute atomic E-state index is 0.0540. The van der Waals surface area contributed by atoms with Gasteiger partial charge < -0.3 is 4.74 Å². The minimum atomic E-state index is -0.437. The summed E-state index contributed by atoms with van der Waals surface area (Å²) in [5.41, 5.74) is -1.18. The van der Waals surface area contributed by atoms with Crippen molar-refractivity contribution in [3.05, 3.63) is 21.0 Å². The van der Waals surface area contributed by atoms with E-state index in [1.54, 1.807) is 0 Å². The summed E-state index contributed by atoms with van der Waals surface area (Å²) in [5, 5.41) is 2.37. The maximum atomic E-state index is 11.3. The van der Waals surface area contributed by atoms with E-state index in [4.69, 9.17) is 4.74 Å². The summed E-state index contributed by atoms with van der Waals surface area (Å²) < 4.78 is 7.47. The van der Waals surface area contributed by atoms with E-state index in [1.165, 1.54) is 7.05 Å². The van der Waals surface area contributed by atoms with Crippen LogP contribution in [0.1, 0.15) is 20.8 Å². The first kappa shape index (κ1) is 10.8. The molecule has 6 heteroatoms. The van der Waals surface area contributed by atoms with Crippen molar-refractivity contribution < 1.29 is 4.74 Å². The molecule has 0 spiro atoms. The molecule has 0 fully saturated rings. The van der Waals surface area contributed by atoms with Crippen LogP contribution < -0.4 is 11.4 Å². The quantitative estimate of drug-likeness (QED) is 0.711. The molecule has 0 aliphatic carbocycles. The van der Waals surface area contributed by atoms with Crippen LogP contribution in [0.25, 0.3) is 0 Å². The van der Waals surface area contributed by atoms with Crippen LogP contribution in [0.3, 0.4) is 0 Å². The molecule has 0 bridgehead atoms. The largest absolute Gasteiger partial charge is 0.354 e. The summed E-state index contributed by atoms with van der Waals surface area (Å²) in [5.74, 6) is 0. The number of nitrogens with one attached hydrogen (secondary N) is 1. The molecule has 1 aromatic rings. The number of hydrogen-bond donors (Lipinski definition) is 1. The Labute approximate surface area is 81.1 Å². The molecule has 0 saturated carbocycles. The zero-order valence-corrected chi connectivity index (χ0v) is 8.83. The Balaban J connectivity index is 2.84. The Morgan fingerprint density at radius 3 is 2.29 bits per heavy atom. The second-order valence-corrected chi connectivity index (χ2v) is 4.07. The molecule has 0 amide bonds. The van der Waals surface area contributed by atoms with Crippen molar-refractivity contribution in [2.75, 3.05) is 0 Å². The van der Waals surface area contributed by atoms with Gasteiger partial charge in [0.1, 0.15) is 6.73 Å². The highest BCUT2D eigenvalue weighted by atomic mass is 16.5. The van der Waals surface area contributed by atoms with Crippen molar-refractivity contribution in [2.24, 2.45) is 7.05 Å². The van der Waals surface area contributed by atoms with Gasteiger partial charge in [0.2, 0.25) is 0 Å². The third-order valence-corrected chi connectivity index (χ3v) is 1.68. The third kappa shape index (κ3) is 2.35. The predicted molar refractivity (Wildman–Crippen MR) is 51.1 cm³/mol. The number of nitrogens with zero attached hydrogens (tertiary/aromatic N) is 2. The van der Waals surface area contributed by atoms with Gasteiger partial charge in [-0.15, -0.1) is 0 Å². The van der Waals surface area contributed by atoms with E-state index in [0.29, 0.717) is 0 Å². The molecule has 80 valence electrons. The molecular formula is C8H15N3O3. The Hall–Kier alpha value is -1.30. The van der Waals surface area contributed by atoms with Gasteiger partial charge in [0, 0.05) is 7.05 Å². The van der Waals surface area contributed by atoms with Crippen molar-refractivity contribution in [1.82, 2.24) is 14.3 Å². The smallest absolute Gasteiger partial charge is 0.348 e. The van der Waals surface area contributed by atoms with Gasteiger partial charge in [-0.25, -0.2) is 23.9 Å². The van der Waals surface area contributed by atoms with Crippen molar-refractivity contribution >= 4 is 0 Å². The molecule has 1 N–H and O–H groups in total. The van der Waals surface area contributed by atoms with Gasteiger partial charge in [0.25, 0.3) is 0 Å². The summed E-state index contributed by atoms with van der Waals surface area (Å²) in [6, 6.07) is 0. The lowest BCUT2D eigenvalue weighted by Gasteiger charge is -2.18. The third-order valence-electron chi connectivity index (χ3n) is 1.68. The topological polar surface area (TPSA) is 69.0 Å². The number of hydrogen-bond acceptors (Lipinski definition) is 3. The molecule has 0 atom stereocenters. The average molecular weight is 201 g/mol. The minimum Gasteiger partial charge on any atom is -0.354 e. The molecule has 1 rings (SSSR count). The van der Waals surface area contributed by atoms with E-state index >= 15 is 0 Å². The summed E-state index contributed by atoms with van der Waals surface area (Å²) in [6.45, 7) is 5.68. The summed E-state index contributed by atoms with van der Waals surface area (Å²) in [6.07, 6.45) is 0. The summed E-state index contributed by atoms with van der Waals surface area (Å²) in [4.78, 5) is 22.3. The fraction of sp³-hybridized carbons (Fsp3) is 0.750. The van der Waals surface area contributed by atoms with Crippen molar-refractivity contribution in [3.63, 3.8) is 0 Å². The zero-order valence-electron chi connectivity index (χ0n) is 8.83. The van der Waals surface area contributed by atoms with Gasteiger partial charge in [-0.2, -0.15) is 0 Å². The van der Waals surface area contributed by atoms with Crippen LogP contribution in [-0.2, 0) is 18.5 Å². The van der Waals surface area contributed by atoms with Crippen LogP contribution in [-0.4, -0.2) is 19.9 Å². The zero-order chi connectivity index (χ0) is 10.9. The van der Waals surface area contributed by atoms with E-state index in [2.05, 4.69) is 5.10 Å². The first-order chi connectivity index (χ1) is 6.31. The van der Waals surface area contributed by atoms with Crippen LogP contribution in [0.4, 0.5) is 0 Å². The highest BCUT2D eigenvalue weighted by Gasteiger charge is 2.12. The molecule has 0 aliphatic rings. The Morgan fingerprint density at radius 1 is 1.36 bits per heavy atom. The maximum Gasteiger partial charge on any atom is 0.348 e. The van der Waals surface area contributed by atoms with Crippen LogP contribution in [0.5, 0.6) is 0 Å². The Morgan fingerprint density at radius 2 is 1.93 bits per heavy atom.